The van der Waals surface area contributed by atoms with E-state index in [-0.39, 0.29) is 23.3 Å². The van der Waals surface area contributed by atoms with Crippen molar-refractivity contribution >= 4 is 11.9 Å². The van der Waals surface area contributed by atoms with Crippen LogP contribution in [0.5, 0.6) is 0 Å². The summed E-state index contributed by atoms with van der Waals surface area (Å²) in [5, 5.41) is 0. The zero-order valence-electron chi connectivity index (χ0n) is 17.1. The van der Waals surface area contributed by atoms with Gasteiger partial charge in [0, 0.05) is 61.6 Å². The average molecular weight is 425 g/mol. The Hall–Kier alpha value is -2.81. The summed E-state index contributed by atoms with van der Waals surface area (Å²) in [6.07, 6.45) is 3.17. The van der Waals surface area contributed by atoms with Gasteiger partial charge in [-0.25, -0.2) is 14.4 Å². The molecule has 2 bridgehead atoms. The SMILES string of the molecule is O=C([C@H]1[C@@H]2C[C@@H](CN(c3ncc(F)cn3)C2)c2cccc(=O)n21)N1C[C@H]2COC[C@H]2C1. The lowest BCUT2D eigenvalue weighted by atomic mass is 9.78. The number of piperidine rings is 1. The normalized spacial score (nSPS) is 31.5. The Kier molecular flexibility index (Phi) is 4.34. The monoisotopic (exact) mass is 425 g/mol. The van der Waals surface area contributed by atoms with Gasteiger partial charge in [-0.1, -0.05) is 6.07 Å². The Balaban J connectivity index is 1.36. The molecule has 0 saturated carbocycles. The highest BCUT2D eigenvalue weighted by Gasteiger charge is 2.48. The Bertz CT molecular complexity index is 1060. The molecule has 162 valence electrons. The van der Waals surface area contributed by atoms with E-state index in [2.05, 4.69) is 9.97 Å². The first-order valence-corrected chi connectivity index (χ1v) is 10.9. The minimum Gasteiger partial charge on any atom is -0.381 e. The number of carbonyl (C=O) groups excluding carboxylic acids is 1. The Morgan fingerprint density at radius 1 is 1.03 bits per heavy atom. The van der Waals surface area contributed by atoms with E-state index in [1.807, 2.05) is 15.9 Å². The maximum atomic E-state index is 13.8. The van der Waals surface area contributed by atoms with Crippen LogP contribution in [0.1, 0.15) is 24.1 Å². The molecule has 9 heteroatoms. The number of carbonyl (C=O) groups is 1. The van der Waals surface area contributed by atoms with Crippen LogP contribution in [0.4, 0.5) is 10.3 Å². The first-order chi connectivity index (χ1) is 15.1. The van der Waals surface area contributed by atoms with E-state index < -0.39 is 11.9 Å². The minimum atomic E-state index is -0.539. The van der Waals surface area contributed by atoms with Crippen LogP contribution in [0.3, 0.4) is 0 Å². The van der Waals surface area contributed by atoms with E-state index in [0.29, 0.717) is 57.2 Å². The molecular weight excluding hydrogens is 401 g/mol. The number of nitrogens with zero attached hydrogens (tertiary/aromatic N) is 5. The van der Waals surface area contributed by atoms with Crippen molar-refractivity contribution in [1.82, 2.24) is 19.4 Å². The number of pyridine rings is 1. The van der Waals surface area contributed by atoms with E-state index in [4.69, 9.17) is 4.74 Å². The summed E-state index contributed by atoms with van der Waals surface area (Å²) in [5.74, 6) is 0.844. The van der Waals surface area contributed by atoms with Crippen LogP contribution >= 0.6 is 0 Å². The predicted octanol–water partition coefficient (Wildman–Crippen LogP) is 1.05. The molecule has 4 aliphatic heterocycles. The number of aromatic nitrogens is 3. The van der Waals surface area contributed by atoms with Crippen LogP contribution in [-0.4, -0.2) is 64.7 Å². The lowest BCUT2D eigenvalue weighted by molar-refractivity contribution is -0.137. The van der Waals surface area contributed by atoms with Crippen LogP contribution in [0, 0.1) is 23.6 Å². The number of likely N-dealkylation sites (tertiary alicyclic amines) is 1. The molecule has 0 N–H and O–H groups in total. The van der Waals surface area contributed by atoms with Crippen LogP contribution in [0.2, 0.25) is 0 Å². The van der Waals surface area contributed by atoms with Crippen molar-refractivity contribution in [3.63, 3.8) is 0 Å². The molecule has 0 radical (unpaired) electrons. The van der Waals surface area contributed by atoms with Gasteiger partial charge in [0.2, 0.25) is 11.9 Å². The summed E-state index contributed by atoms with van der Waals surface area (Å²) in [6.45, 7) is 3.99. The second-order valence-corrected chi connectivity index (χ2v) is 9.20. The molecule has 0 spiro atoms. The number of fused-ring (bicyclic) bond motifs is 5. The zero-order valence-corrected chi connectivity index (χ0v) is 17.1. The van der Waals surface area contributed by atoms with Gasteiger partial charge in [0.25, 0.3) is 5.56 Å². The standard InChI is InChI=1S/C22H24FN5O3/c23-17-5-24-22(25-6-17)27-7-13-4-14(8-27)20(28-18(13)2-1-3-19(28)29)21(30)26-9-15-11-31-12-16(15)10-26/h1-3,5-6,13-16,20H,4,7-12H2/t13-,14+,15-,16+,20+/m0/s1. The van der Waals surface area contributed by atoms with Crippen molar-refractivity contribution in [2.24, 2.45) is 17.8 Å². The van der Waals surface area contributed by atoms with Crippen LogP contribution < -0.4 is 10.5 Å². The van der Waals surface area contributed by atoms with Gasteiger partial charge in [-0.05, 0) is 12.5 Å². The number of halogens is 1. The minimum absolute atomic E-state index is 0.0225. The van der Waals surface area contributed by atoms with Gasteiger partial charge in [0.1, 0.15) is 6.04 Å². The number of anilines is 1. The molecule has 0 unspecified atom stereocenters. The Labute approximate surface area is 178 Å². The third kappa shape index (κ3) is 3.05. The van der Waals surface area contributed by atoms with Crippen molar-refractivity contribution in [2.75, 3.05) is 44.3 Å². The summed E-state index contributed by atoms with van der Waals surface area (Å²) in [6, 6.07) is 4.71. The lowest BCUT2D eigenvalue weighted by Crippen LogP contribution is -2.54. The van der Waals surface area contributed by atoms with E-state index >= 15 is 0 Å². The van der Waals surface area contributed by atoms with Crippen molar-refractivity contribution in [2.45, 2.75) is 18.4 Å². The molecule has 0 aromatic carbocycles. The molecule has 0 aliphatic carbocycles. The van der Waals surface area contributed by atoms with Gasteiger partial charge in [-0.15, -0.1) is 0 Å². The molecular formula is C22H24FN5O3. The van der Waals surface area contributed by atoms with Crippen LogP contribution in [-0.2, 0) is 9.53 Å². The smallest absolute Gasteiger partial charge is 0.251 e. The molecule has 5 atom stereocenters. The number of hydrogen-bond donors (Lipinski definition) is 0. The number of hydrogen-bond acceptors (Lipinski definition) is 6. The largest absolute Gasteiger partial charge is 0.381 e. The summed E-state index contributed by atoms with van der Waals surface area (Å²) < 4.78 is 20.6. The number of amides is 1. The highest BCUT2D eigenvalue weighted by atomic mass is 19.1. The third-order valence-electron chi connectivity index (χ3n) is 7.34. The highest BCUT2D eigenvalue weighted by molar-refractivity contribution is 5.82. The molecule has 2 aromatic heterocycles. The molecule has 8 nitrogen and oxygen atoms in total. The zero-order chi connectivity index (χ0) is 21.1. The van der Waals surface area contributed by atoms with E-state index in [0.717, 1.165) is 12.1 Å². The van der Waals surface area contributed by atoms with Crippen LogP contribution in [0.15, 0.2) is 35.4 Å². The van der Waals surface area contributed by atoms with E-state index in [1.54, 1.807) is 10.6 Å². The van der Waals surface area contributed by atoms with Crippen molar-refractivity contribution in [1.29, 1.82) is 0 Å². The first-order valence-electron chi connectivity index (χ1n) is 10.9. The molecule has 31 heavy (non-hydrogen) atoms. The summed E-state index contributed by atoms with van der Waals surface area (Å²) >= 11 is 0. The maximum Gasteiger partial charge on any atom is 0.251 e. The fraction of sp³-hybridized carbons (Fsp3) is 0.545. The van der Waals surface area contributed by atoms with Gasteiger partial charge in [0.15, 0.2) is 5.82 Å². The maximum absolute atomic E-state index is 13.8. The van der Waals surface area contributed by atoms with Gasteiger partial charge in [-0.3, -0.25) is 14.2 Å². The average Bonchev–Trinajstić information content (AvgIpc) is 3.37. The number of rotatable bonds is 2. The fourth-order valence-corrected chi connectivity index (χ4v) is 5.94. The fourth-order valence-electron chi connectivity index (χ4n) is 5.94. The molecule has 1 amide bonds. The summed E-state index contributed by atoms with van der Waals surface area (Å²) in [4.78, 5) is 38.9. The highest BCUT2D eigenvalue weighted by Crippen LogP contribution is 2.43. The van der Waals surface area contributed by atoms with Gasteiger partial charge < -0.3 is 14.5 Å². The van der Waals surface area contributed by atoms with Crippen LogP contribution in [0.25, 0.3) is 0 Å². The lowest BCUT2D eigenvalue weighted by Gasteiger charge is -2.47. The van der Waals surface area contributed by atoms with Crippen molar-refractivity contribution < 1.29 is 13.9 Å². The summed E-state index contributed by atoms with van der Waals surface area (Å²) in [7, 11) is 0. The van der Waals surface area contributed by atoms with Crippen molar-refractivity contribution in [3.8, 4) is 0 Å². The Morgan fingerprint density at radius 2 is 1.77 bits per heavy atom. The molecule has 2 aromatic rings. The summed E-state index contributed by atoms with van der Waals surface area (Å²) in [5.41, 5.74) is 0.761. The van der Waals surface area contributed by atoms with E-state index in [1.165, 1.54) is 18.5 Å². The van der Waals surface area contributed by atoms with Crippen molar-refractivity contribution in [3.05, 3.63) is 52.5 Å². The quantitative estimate of drug-likeness (QED) is 0.716. The molecule has 6 heterocycles. The molecule has 3 fully saturated rings. The molecule has 4 aliphatic rings. The van der Waals surface area contributed by atoms with Gasteiger partial charge in [0.05, 0.1) is 25.6 Å². The molecule has 6 rings (SSSR count). The topological polar surface area (TPSA) is 80.6 Å². The van der Waals surface area contributed by atoms with Gasteiger partial charge in [-0.2, -0.15) is 0 Å². The number of ether oxygens (including phenoxy) is 1. The predicted molar refractivity (Wildman–Crippen MR) is 109 cm³/mol. The molecule has 3 saturated heterocycles. The first kappa shape index (κ1) is 18.9. The second kappa shape index (κ2) is 7.12. The Morgan fingerprint density at radius 3 is 2.52 bits per heavy atom. The second-order valence-electron chi connectivity index (χ2n) is 9.20. The third-order valence-corrected chi connectivity index (χ3v) is 7.34. The van der Waals surface area contributed by atoms with Gasteiger partial charge >= 0.3 is 0 Å². The van der Waals surface area contributed by atoms with E-state index in [9.17, 15) is 14.0 Å².